The Labute approximate surface area is 82.7 Å². The zero-order chi connectivity index (χ0) is 9.14. The number of halogens is 1. The highest BCUT2D eigenvalue weighted by Gasteiger charge is 2.10. The van der Waals surface area contributed by atoms with Crippen LogP contribution in [-0.4, -0.2) is 11.1 Å². The second kappa shape index (κ2) is 3.87. The molecule has 4 heteroatoms. The molecule has 0 aliphatic rings. The lowest BCUT2D eigenvalue weighted by atomic mass is 10.3. The Balaban J connectivity index is 2.99. The standard InChI is InChI=1S/C8H7BrO2S/c1-2-3-6-5(9)4-7(12-6)8(10)11/h2,4H,1,3H2,(H,10,11). The molecule has 0 aliphatic carbocycles. The summed E-state index contributed by atoms with van der Waals surface area (Å²) in [5, 5.41) is 8.65. The van der Waals surface area contributed by atoms with E-state index in [9.17, 15) is 4.79 Å². The van der Waals surface area contributed by atoms with Crippen LogP contribution in [0, 0.1) is 0 Å². The Bertz CT molecular complexity index is 317. The van der Waals surface area contributed by atoms with Gasteiger partial charge in [0.2, 0.25) is 0 Å². The van der Waals surface area contributed by atoms with Crippen LogP contribution < -0.4 is 0 Å². The minimum absolute atomic E-state index is 0.360. The van der Waals surface area contributed by atoms with E-state index in [4.69, 9.17) is 5.11 Å². The molecule has 0 aliphatic heterocycles. The summed E-state index contributed by atoms with van der Waals surface area (Å²) in [7, 11) is 0. The molecule has 0 amide bonds. The molecule has 0 unspecified atom stereocenters. The van der Waals surface area contributed by atoms with Gasteiger partial charge >= 0.3 is 5.97 Å². The maximum atomic E-state index is 10.5. The van der Waals surface area contributed by atoms with Crippen molar-refractivity contribution in [2.75, 3.05) is 0 Å². The maximum absolute atomic E-state index is 10.5. The van der Waals surface area contributed by atoms with E-state index in [2.05, 4.69) is 22.5 Å². The Morgan fingerprint density at radius 3 is 2.92 bits per heavy atom. The molecular weight excluding hydrogens is 240 g/mol. The number of carbonyl (C=O) groups is 1. The highest BCUT2D eigenvalue weighted by atomic mass is 79.9. The Morgan fingerprint density at radius 2 is 2.50 bits per heavy atom. The monoisotopic (exact) mass is 246 g/mol. The van der Waals surface area contributed by atoms with Crippen LogP contribution in [0.25, 0.3) is 0 Å². The van der Waals surface area contributed by atoms with E-state index in [0.717, 1.165) is 9.35 Å². The van der Waals surface area contributed by atoms with E-state index < -0.39 is 5.97 Å². The van der Waals surface area contributed by atoms with Crippen molar-refractivity contribution in [2.45, 2.75) is 6.42 Å². The van der Waals surface area contributed by atoms with Crippen LogP contribution in [0.1, 0.15) is 14.5 Å². The summed E-state index contributed by atoms with van der Waals surface area (Å²) in [6.07, 6.45) is 2.46. The van der Waals surface area contributed by atoms with Crippen molar-refractivity contribution in [1.29, 1.82) is 0 Å². The lowest BCUT2D eigenvalue weighted by Gasteiger charge is -1.88. The van der Waals surface area contributed by atoms with Gasteiger partial charge in [-0.15, -0.1) is 17.9 Å². The zero-order valence-electron chi connectivity index (χ0n) is 6.21. The Hall–Kier alpha value is -0.610. The third-order valence-electron chi connectivity index (χ3n) is 1.30. The van der Waals surface area contributed by atoms with Gasteiger partial charge in [-0.25, -0.2) is 4.79 Å². The average Bonchev–Trinajstić information content (AvgIpc) is 2.34. The molecule has 1 N–H and O–H groups in total. The quantitative estimate of drug-likeness (QED) is 0.834. The van der Waals surface area contributed by atoms with Crippen LogP contribution in [-0.2, 0) is 6.42 Å². The Morgan fingerprint density at radius 1 is 1.83 bits per heavy atom. The third-order valence-corrected chi connectivity index (χ3v) is 3.41. The van der Waals surface area contributed by atoms with Crippen molar-refractivity contribution in [1.82, 2.24) is 0 Å². The first kappa shape index (κ1) is 9.48. The molecule has 12 heavy (non-hydrogen) atoms. The smallest absolute Gasteiger partial charge is 0.345 e. The molecule has 0 atom stereocenters. The van der Waals surface area contributed by atoms with Gasteiger partial charge in [-0.2, -0.15) is 0 Å². The van der Waals surface area contributed by atoms with E-state index in [1.54, 1.807) is 12.1 Å². The van der Waals surface area contributed by atoms with E-state index in [1.165, 1.54) is 11.3 Å². The van der Waals surface area contributed by atoms with E-state index >= 15 is 0 Å². The number of thiophene rings is 1. The molecule has 0 fully saturated rings. The number of rotatable bonds is 3. The summed E-state index contributed by atoms with van der Waals surface area (Å²) in [6.45, 7) is 3.59. The van der Waals surface area contributed by atoms with Crippen LogP contribution in [0.4, 0.5) is 0 Å². The van der Waals surface area contributed by atoms with Crippen molar-refractivity contribution in [3.63, 3.8) is 0 Å². The van der Waals surface area contributed by atoms with Gasteiger partial charge in [-0.05, 0) is 22.0 Å². The predicted molar refractivity (Wildman–Crippen MR) is 52.9 cm³/mol. The fraction of sp³-hybridized carbons (Fsp3) is 0.125. The first-order valence-electron chi connectivity index (χ1n) is 3.27. The van der Waals surface area contributed by atoms with Gasteiger partial charge in [0.1, 0.15) is 4.88 Å². The average molecular weight is 247 g/mol. The molecule has 1 rings (SSSR count). The number of hydrogen-bond acceptors (Lipinski definition) is 2. The van der Waals surface area contributed by atoms with E-state index in [1.807, 2.05) is 0 Å². The second-order valence-electron chi connectivity index (χ2n) is 2.18. The number of hydrogen-bond donors (Lipinski definition) is 1. The summed E-state index contributed by atoms with van der Waals surface area (Å²) in [4.78, 5) is 11.9. The molecule has 0 aromatic carbocycles. The molecule has 0 saturated carbocycles. The lowest BCUT2D eigenvalue weighted by Crippen LogP contribution is -1.89. The fourth-order valence-corrected chi connectivity index (χ4v) is 2.45. The van der Waals surface area contributed by atoms with Gasteiger partial charge in [0.25, 0.3) is 0 Å². The largest absolute Gasteiger partial charge is 0.477 e. The molecule has 1 aromatic heterocycles. The number of carboxylic acids is 1. The zero-order valence-corrected chi connectivity index (χ0v) is 8.61. The van der Waals surface area contributed by atoms with Gasteiger partial charge in [0, 0.05) is 15.8 Å². The van der Waals surface area contributed by atoms with Gasteiger partial charge in [-0.1, -0.05) is 6.08 Å². The normalized spacial score (nSPS) is 9.75. The molecule has 0 radical (unpaired) electrons. The van der Waals surface area contributed by atoms with Crippen molar-refractivity contribution >= 4 is 33.2 Å². The number of allylic oxidation sites excluding steroid dienone is 1. The fourth-order valence-electron chi connectivity index (χ4n) is 0.782. The third kappa shape index (κ3) is 1.95. The second-order valence-corrected chi connectivity index (χ2v) is 4.17. The topological polar surface area (TPSA) is 37.3 Å². The van der Waals surface area contributed by atoms with Crippen LogP contribution in [0.3, 0.4) is 0 Å². The number of aromatic carboxylic acids is 1. The molecule has 64 valence electrons. The van der Waals surface area contributed by atoms with Gasteiger partial charge in [-0.3, -0.25) is 0 Å². The van der Waals surface area contributed by atoms with Crippen molar-refractivity contribution in [2.24, 2.45) is 0 Å². The molecule has 0 spiro atoms. The first-order chi connectivity index (χ1) is 5.65. The molecule has 0 bridgehead atoms. The van der Waals surface area contributed by atoms with E-state index in [-0.39, 0.29) is 0 Å². The van der Waals surface area contributed by atoms with Gasteiger partial charge < -0.3 is 5.11 Å². The summed E-state index contributed by atoms with van der Waals surface area (Å²) in [6, 6.07) is 1.62. The van der Waals surface area contributed by atoms with Crippen LogP contribution in [0.5, 0.6) is 0 Å². The lowest BCUT2D eigenvalue weighted by molar-refractivity contribution is 0.0702. The van der Waals surface area contributed by atoms with Crippen molar-refractivity contribution < 1.29 is 9.90 Å². The Kier molecular flexibility index (Phi) is 3.05. The minimum atomic E-state index is -0.879. The van der Waals surface area contributed by atoms with Gasteiger partial charge in [0.15, 0.2) is 0 Å². The minimum Gasteiger partial charge on any atom is -0.477 e. The highest BCUT2D eigenvalue weighted by molar-refractivity contribution is 9.10. The molecule has 0 saturated heterocycles. The van der Waals surface area contributed by atoms with Crippen LogP contribution in [0.15, 0.2) is 23.2 Å². The predicted octanol–water partition coefficient (Wildman–Crippen LogP) is 2.94. The summed E-state index contributed by atoms with van der Waals surface area (Å²) >= 11 is 4.56. The molecule has 1 aromatic rings. The molecule has 1 heterocycles. The number of carboxylic acid groups (broad SMARTS) is 1. The molecular formula is C8H7BrO2S. The van der Waals surface area contributed by atoms with Crippen LogP contribution in [0.2, 0.25) is 0 Å². The van der Waals surface area contributed by atoms with Crippen molar-refractivity contribution in [3.05, 3.63) is 32.9 Å². The first-order valence-corrected chi connectivity index (χ1v) is 4.88. The van der Waals surface area contributed by atoms with Crippen LogP contribution >= 0.6 is 27.3 Å². The SMILES string of the molecule is C=CCc1sc(C(=O)O)cc1Br. The summed E-state index contributed by atoms with van der Waals surface area (Å²) in [5.74, 6) is -0.879. The van der Waals surface area contributed by atoms with Gasteiger partial charge in [0.05, 0.1) is 0 Å². The summed E-state index contributed by atoms with van der Waals surface area (Å²) in [5.41, 5.74) is 0. The van der Waals surface area contributed by atoms with Crippen molar-refractivity contribution in [3.8, 4) is 0 Å². The molecule has 2 nitrogen and oxygen atoms in total. The highest BCUT2D eigenvalue weighted by Crippen LogP contribution is 2.27. The van der Waals surface area contributed by atoms with E-state index in [0.29, 0.717) is 11.3 Å². The summed E-state index contributed by atoms with van der Waals surface area (Å²) < 4.78 is 0.852. The maximum Gasteiger partial charge on any atom is 0.345 e.